The topological polar surface area (TPSA) is 47.4 Å². The summed E-state index contributed by atoms with van der Waals surface area (Å²) in [5, 5.41) is 0. The lowest BCUT2D eigenvalue weighted by Crippen LogP contribution is -2.41. The van der Waals surface area contributed by atoms with E-state index < -0.39 is 0 Å². The van der Waals surface area contributed by atoms with Crippen molar-refractivity contribution in [3.63, 3.8) is 0 Å². The Balaban J connectivity index is 1.71. The zero-order valence-electron chi connectivity index (χ0n) is 15.4. The van der Waals surface area contributed by atoms with Crippen LogP contribution < -0.4 is 4.74 Å². The van der Waals surface area contributed by atoms with Gasteiger partial charge in [-0.1, -0.05) is 24.6 Å². The van der Waals surface area contributed by atoms with Crippen molar-refractivity contribution in [2.75, 3.05) is 20.2 Å². The van der Waals surface area contributed by atoms with Crippen molar-refractivity contribution in [2.24, 2.45) is 0 Å². The Morgan fingerprint density at radius 3 is 3.00 bits per heavy atom. The number of carbonyl (C=O) groups is 1. The highest BCUT2D eigenvalue weighted by molar-refractivity contribution is 5.79. The van der Waals surface area contributed by atoms with Gasteiger partial charge in [0.1, 0.15) is 11.6 Å². The fourth-order valence-electron chi connectivity index (χ4n) is 3.68. The Morgan fingerprint density at radius 2 is 2.24 bits per heavy atom. The number of ether oxygens (including phenoxy) is 1. The number of aryl methyl sites for hydroxylation is 2. The number of rotatable bonds is 5. The van der Waals surface area contributed by atoms with E-state index >= 15 is 0 Å². The van der Waals surface area contributed by atoms with Gasteiger partial charge in [-0.2, -0.15) is 0 Å². The van der Waals surface area contributed by atoms with Crippen LogP contribution in [0.5, 0.6) is 5.75 Å². The normalized spacial score (nSPS) is 17.6. The average molecular weight is 341 g/mol. The third kappa shape index (κ3) is 3.86. The first-order valence-corrected chi connectivity index (χ1v) is 9.05. The van der Waals surface area contributed by atoms with Crippen molar-refractivity contribution in [1.29, 1.82) is 0 Å². The quantitative estimate of drug-likeness (QED) is 0.839. The lowest BCUT2D eigenvalue weighted by molar-refractivity contribution is -0.132. The number of hydrogen-bond donors (Lipinski definition) is 0. The van der Waals surface area contributed by atoms with Gasteiger partial charge in [0.2, 0.25) is 5.91 Å². The number of carbonyl (C=O) groups excluding carboxylic acids is 1. The second-order valence-electron chi connectivity index (χ2n) is 6.73. The molecule has 0 unspecified atom stereocenters. The van der Waals surface area contributed by atoms with Crippen molar-refractivity contribution < 1.29 is 9.53 Å². The molecule has 1 atom stereocenters. The van der Waals surface area contributed by atoms with E-state index in [1.165, 1.54) is 0 Å². The van der Waals surface area contributed by atoms with Crippen molar-refractivity contribution in [3.05, 3.63) is 47.5 Å². The molecule has 0 aliphatic carbocycles. The maximum atomic E-state index is 12.9. The van der Waals surface area contributed by atoms with E-state index in [1.807, 2.05) is 42.4 Å². The van der Waals surface area contributed by atoms with Crippen molar-refractivity contribution in [2.45, 2.75) is 45.6 Å². The van der Waals surface area contributed by atoms with Gasteiger partial charge in [0.25, 0.3) is 0 Å². The Bertz CT molecular complexity index is 738. The molecule has 0 spiro atoms. The highest BCUT2D eigenvalue weighted by Crippen LogP contribution is 2.25. The summed E-state index contributed by atoms with van der Waals surface area (Å²) in [4.78, 5) is 19.3. The smallest absolute Gasteiger partial charge is 0.227 e. The van der Waals surface area contributed by atoms with Crippen LogP contribution in [0.15, 0.2) is 30.6 Å². The second-order valence-corrected chi connectivity index (χ2v) is 6.73. The number of aromatic nitrogens is 2. The molecule has 134 valence electrons. The molecule has 1 amide bonds. The first-order valence-electron chi connectivity index (χ1n) is 9.05. The molecule has 1 aromatic heterocycles. The molecule has 2 heterocycles. The Kier molecular flexibility index (Phi) is 5.41. The van der Waals surface area contributed by atoms with Crippen LogP contribution in [0.3, 0.4) is 0 Å². The molecule has 1 aliphatic heterocycles. The number of benzene rings is 1. The van der Waals surface area contributed by atoms with E-state index in [1.54, 1.807) is 7.11 Å². The van der Waals surface area contributed by atoms with Crippen molar-refractivity contribution in [1.82, 2.24) is 14.5 Å². The van der Waals surface area contributed by atoms with Gasteiger partial charge < -0.3 is 14.2 Å². The van der Waals surface area contributed by atoms with E-state index in [-0.39, 0.29) is 5.91 Å². The molecule has 0 N–H and O–H groups in total. The van der Waals surface area contributed by atoms with Crippen LogP contribution in [-0.2, 0) is 17.6 Å². The predicted octanol–water partition coefficient (Wildman–Crippen LogP) is 3.17. The summed E-state index contributed by atoms with van der Waals surface area (Å²) in [5.74, 6) is 2.06. The molecule has 0 radical (unpaired) electrons. The van der Waals surface area contributed by atoms with Crippen LogP contribution in [-0.4, -0.2) is 40.6 Å². The number of likely N-dealkylation sites (tertiary alicyclic amines) is 1. The van der Waals surface area contributed by atoms with Gasteiger partial charge in [-0.15, -0.1) is 0 Å². The summed E-state index contributed by atoms with van der Waals surface area (Å²) in [6.07, 6.45) is 7.34. The number of methoxy groups -OCH3 is 1. The summed E-state index contributed by atoms with van der Waals surface area (Å²) in [6.45, 7) is 5.75. The monoisotopic (exact) mass is 341 g/mol. The number of nitrogens with zero attached hydrogens (tertiary/aromatic N) is 3. The molecule has 1 fully saturated rings. The summed E-state index contributed by atoms with van der Waals surface area (Å²) in [7, 11) is 1.65. The van der Waals surface area contributed by atoms with Gasteiger partial charge in [-0.25, -0.2) is 4.98 Å². The molecular formula is C20H27N3O2. The van der Waals surface area contributed by atoms with Crippen LogP contribution >= 0.6 is 0 Å². The number of piperidine rings is 1. The molecule has 25 heavy (non-hydrogen) atoms. The van der Waals surface area contributed by atoms with Gasteiger partial charge in [-0.05, 0) is 25.8 Å². The molecular weight excluding hydrogens is 314 g/mol. The molecule has 1 aliphatic rings. The van der Waals surface area contributed by atoms with Gasteiger partial charge in [0, 0.05) is 37.5 Å². The molecule has 5 heteroatoms. The van der Waals surface area contributed by atoms with Gasteiger partial charge in [0.15, 0.2) is 0 Å². The minimum Gasteiger partial charge on any atom is -0.496 e. The largest absolute Gasteiger partial charge is 0.496 e. The lowest BCUT2D eigenvalue weighted by atomic mass is 10.0. The van der Waals surface area contributed by atoms with Crippen LogP contribution in [0, 0.1) is 6.92 Å². The fourth-order valence-corrected chi connectivity index (χ4v) is 3.68. The van der Waals surface area contributed by atoms with Gasteiger partial charge in [0.05, 0.1) is 19.6 Å². The van der Waals surface area contributed by atoms with Gasteiger partial charge in [-0.3, -0.25) is 4.79 Å². The summed E-state index contributed by atoms with van der Waals surface area (Å²) in [5.41, 5.74) is 2.11. The van der Waals surface area contributed by atoms with Gasteiger partial charge >= 0.3 is 0 Å². The van der Waals surface area contributed by atoms with Crippen molar-refractivity contribution >= 4 is 5.91 Å². The molecule has 1 aromatic carbocycles. The highest BCUT2D eigenvalue weighted by Gasteiger charge is 2.26. The number of hydrogen-bond acceptors (Lipinski definition) is 3. The van der Waals surface area contributed by atoms with E-state index in [2.05, 4.69) is 16.5 Å². The number of amides is 1. The van der Waals surface area contributed by atoms with Crippen LogP contribution in [0.25, 0.3) is 0 Å². The maximum absolute atomic E-state index is 12.9. The lowest BCUT2D eigenvalue weighted by Gasteiger charge is -2.34. The summed E-state index contributed by atoms with van der Waals surface area (Å²) >= 11 is 0. The highest BCUT2D eigenvalue weighted by atomic mass is 16.5. The summed E-state index contributed by atoms with van der Waals surface area (Å²) < 4.78 is 7.66. The van der Waals surface area contributed by atoms with Crippen molar-refractivity contribution in [3.8, 4) is 5.75 Å². The number of imidazole rings is 1. The SMILES string of the molecule is CCc1nccn1[C@@H]1CCCN(C(=O)Cc2cc(C)ccc2OC)C1. The molecule has 3 rings (SSSR count). The minimum atomic E-state index is 0.173. The maximum Gasteiger partial charge on any atom is 0.227 e. The Morgan fingerprint density at radius 1 is 1.40 bits per heavy atom. The third-order valence-corrected chi connectivity index (χ3v) is 4.99. The van der Waals surface area contributed by atoms with E-state index in [4.69, 9.17) is 4.74 Å². The molecule has 2 aromatic rings. The predicted molar refractivity (Wildman–Crippen MR) is 97.9 cm³/mol. The van der Waals surface area contributed by atoms with E-state index in [0.29, 0.717) is 12.5 Å². The Labute approximate surface area is 149 Å². The average Bonchev–Trinajstić information content (AvgIpc) is 3.11. The third-order valence-electron chi connectivity index (χ3n) is 4.99. The minimum absolute atomic E-state index is 0.173. The van der Waals surface area contributed by atoms with Crippen LogP contribution in [0.2, 0.25) is 0 Å². The zero-order chi connectivity index (χ0) is 17.8. The fraction of sp³-hybridized carbons (Fsp3) is 0.500. The van der Waals surface area contributed by atoms with E-state index in [0.717, 1.165) is 55.1 Å². The van der Waals surface area contributed by atoms with E-state index in [9.17, 15) is 4.79 Å². The molecule has 0 saturated carbocycles. The standard InChI is InChI=1S/C20H27N3O2/c1-4-19-21-9-11-23(19)17-6-5-10-22(14-17)20(24)13-16-12-15(2)7-8-18(16)25-3/h7-9,11-12,17H,4-6,10,13-14H2,1-3H3/t17-/m1/s1. The summed E-state index contributed by atoms with van der Waals surface area (Å²) in [6, 6.07) is 6.32. The first kappa shape index (κ1) is 17.5. The second kappa shape index (κ2) is 7.72. The molecule has 0 bridgehead atoms. The Hall–Kier alpha value is -2.30. The molecule has 1 saturated heterocycles. The molecule has 5 nitrogen and oxygen atoms in total. The first-order chi connectivity index (χ1) is 12.1. The zero-order valence-corrected chi connectivity index (χ0v) is 15.4. The van der Waals surface area contributed by atoms with Crippen LogP contribution in [0.1, 0.15) is 42.8 Å². The van der Waals surface area contributed by atoms with Crippen LogP contribution in [0.4, 0.5) is 0 Å².